The van der Waals surface area contributed by atoms with Gasteiger partial charge in [0.1, 0.15) is 0 Å². The number of hydrogen-bond donors (Lipinski definition) is 6. The molecule has 12 nitrogen and oxygen atoms in total. The standard InChI is InChI=1S/3Ce.3H2O4S/c;;;3*1-5(2,3)4/h;;;3*(H2,1,2,3,4). The van der Waals surface area contributed by atoms with Gasteiger partial charge in [-0.15, -0.1) is 0 Å². The minimum Gasteiger partial charge on any atom is -0.264 e. The third kappa shape index (κ3) is 496. The van der Waals surface area contributed by atoms with E-state index in [1.54, 1.807) is 0 Å². The van der Waals surface area contributed by atoms with Gasteiger partial charge in [-0.2, -0.15) is 25.3 Å². The van der Waals surface area contributed by atoms with Gasteiger partial charge in [-0.05, 0) is 0 Å². The molecule has 0 aromatic rings. The maximum Gasteiger partial charge on any atom is 0.394 e. The van der Waals surface area contributed by atoms with Gasteiger partial charge in [-0.3, -0.25) is 27.3 Å². The molecule has 0 unspecified atom stereocenters. The van der Waals surface area contributed by atoms with Gasteiger partial charge < -0.3 is 0 Å². The minimum absolute atomic E-state index is 0. The monoisotopic (exact) mass is 714 g/mol. The molecule has 0 aliphatic rings. The Labute approximate surface area is 204 Å². The van der Waals surface area contributed by atoms with Crippen molar-refractivity contribution in [2.75, 3.05) is 0 Å². The first-order valence-corrected chi connectivity index (χ1v) is 6.29. The molecule has 108 valence electrons. The van der Waals surface area contributed by atoms with E-state index in [2.05, 4.69) is 0 Å². The van der Waals surface area contributed by atoms with Crippen LogP contribution in [0.4, 0.5) is 0 Å². The van der Waals surface area contributed by atoms with E-state index >= 15 is 0 Å². The first-order chi connectivity index (χ1) is 6.00. The van der Waals surface area contributed by atoms with Gasteiger partial charge in [-0.25, -0.2) is 0 Å². The van der Waals surface area contributed by atoms with Gasteiger partial charge in [0.25, 0.3) is 0 Å². The molecular formula is H6Ce3O12S3. The Morgan fingerprint density at radius 2 is 0.389 bits per heavy atom. The molecule has 0 spiro atoms. The van der Waals surface area contributed by atoms with Crippen molar-refractivity contribution in [1.82, 2.24) is 0 Å². The van der Waals surface area contributed by atoms with Gasteiger partial charge in [0, 0.05) is 125 Å². The Balaban J connectivity index is -0.0000000277. The van der Waals surface area contributed by atoms with Crippen LogP contribution in [0.25, 0.3) is 0 Å². The molecule has 0 heterocycles. The predicted octanol–water partition coefficient (Wildman–Crippen LogP) is -1.96. The van der Waals surface area contributed by atoms with E-state index in [0.29, 0.717) is 0 Å². The van der Waals surface area contributed by atoms with Crippen molar-refractivity contribution in [3.05, 3.63) is 0 Å². The molecular weight excluding hydrogens is 709 g/mol. The fourth-order valence-corrected chi connectivity index (χ4v) is 0. The van der Waals surface area contributed by atoms with Crippen molar-refractivity contribution in [3.8, 4) is 0 Å². The van der Waals surface area contributed by atoms with Crippen LogP contribution in [0, 0.1) is 125 Å². The molecule has 6 N–H and O–H groups in total. The van der Waals surface area contributed by atoms with E-state index in [1.807, 2.05) is 0 Å². The summed E-state index contributed by atoms with van der Waals surface area (Å²) in [5.41, 5.74) is 0. The molecule has 0 bridgehead atoms. The van der Waals surface area contributed by atoms with Gasteiger partial charge >= 0.3 is 31.2 Å². The molecule has 0 aromatic heterocycles. The molecule has 0 saturated heterocycles. The minimum atomic E-state index is -4.67. The summed E-state index contributed by atoms with van der Waals surface area (Å²) < 4.78 is 94.8. The van der Waals surface area contributed by atoms with Crippen LogP contribution in [0.2, 0.25) is 0 Å². The largest absolute Gasteiger partial charge is 0.394 e. The number of rotatable bonds is 0. The normalized spacial score (nSPS) is 9.67. The predicted molar refractivity (Wildman–Crippen MR) is 42.5 cm³/mol. The van der Waals surface area contributed by atoms with E-state index in [-0.39, 0.29) is 125 Å². The van der Waals surface area contributed by atoms with Crippen LogP contribution in [-0.2, 0) is 31.2 Å². The molecule has 0 aliphatic carbocycles. The Kier molecular flexibility index (Phi) is 35.9. The summed E-state index contributed by atoms with van der Waals surface area (Å²) in [5, 5.41) is 0. The molecule has 0 aliphatic heterocycles. The molecule has 0 radical (unpaired) electrons. The molecule has 0 fully saturated rings. The summed E-state index contributed by atoms with van der Waals surface area (Å²) in [6.07, 6.45) is 0. The first kappa shape index (κ1) is 37.7. The third-order valence-corrected chi connectivity index (χ3v) is 0. The van der Waals surface area contributed by atoms with E-state index < -0.39 is 31.2 Å². The third-order valence-electron chi connectivity index (χ3n) is 0. The van der Waals surface area contributed by atoms with Crippen LogP contribution < -0.4 is 0 Å². The molecule has 0 saturated carbocycles. The number of hydrogen-bond acceptors (Lipinski definition) is 6. The fourth-order valence-electron chi connectivity index (χ4n) is 0. The Morgan fingerprint density at radius 3 is 0.389 bits per heavy atom. The second-order valence-corrected chi connectivity index (χ2v) is 4.03. The second-order valence-electron chi connectivity index (χ2n) is 1.34. The molecule has 18 heavy (non-hydrogen) atoms. The van der Waals surface area contributed by atoms with Crippen LogP contribution in [0.5, 0.6) is 0 Å². The van der Waals surface area contributed by atoms with Crippen molar-refractivity contribution >= 4 is 31.2 Å². The SMILES string of the molecule is O=S(=O)(O)O.O=S(=O)(O)O.O=S(=O)(O)O.[Ce].[Ce].[Ce]. The molecule has 0 amide bonds. The first-order valence-electron chi connectivity index (χ1n) is 2.10. The maximum atomic E-state index is 8.74. The quantitative estimate of drug-likeness (QED) is 0.151. The smallest absolute Gasteiger partial charge is 0.264 e. The average molecular weight is 715 g/mol. The summed E-state index contributed by atoms with van der Waals surface area (Å²) in [4.78, 5) is 0. The fraction of sp³-hybridized carbons (Fsp3) is 0. The molecule has 0 rings (SSSR count). The summed E-state index contributed by atoms with van der Waals surface area (Å²) in [6.45, 7) is 0. The zero-order valence-corrected chi connectivity index (χ0v) is 19.7. The van der Waals surface area contributed by atoms with Crippen molar-refractivity contribution < 1.29 is 178 Å². The van der Waals surface area contributed by atoms with Crippen molar-refractivity contribution in [3.63, 3.8) is 0 Å². The summed E-state index contributed by atoms with van der Waals surface area (Å²) in [6, 6.07) is 0. The molecule has 0 atom stereocenters. The van der Waals surface area contributed by atoms with Crippen LogP contribution in [0.1, 0.15) is 0 Å². The van der Waals surface area contributed by atoms with Crippen molar-refractivity contribution in [2.45, 2.75) is 0 Å². The topological polar surface area (TPSA) is 224 Å². The summed E-state index contributed by atoms with van der Waals surface area (Å²) in [5.74, 6) is 0. The van der Waals surface area contributed by atoms with E-state index in [0.717, 1.165) is 0 Å². The zero-order chi connectivity index (χ0) is 13.5. The second kappa shape index (κ2) is 17.1. The van der Waals surface area contributed by atoms with Gasteiger partial charge in [0.05, 0.1) is 0 Å². The van der Waals surface area contributed by atoms with E-state index in [1.165, 1.54) is 0 Å². The summed E-state index contributed by atoms with van der Waals surface area (Å²) >= 11 is 0. The van der Waals surface area contributed by atoms with Gasteiger partial charge in [0.2, 0.25) is 0 Å². The van der Waals surface area contributed by atoms with E-state index in [9.17, 15) is 0 Å². The molecule has 0 aromatic carbocycles. The van der Waals surface area contributed by atoms with Crippen LogP contribution >= 0.6 is 0 Å². The van der Waals surface area contributed by atoms with Gasteiger partial charge in [-0.1, -0.05) is 0 Å². The summed E-state index contributed by atoms with van der Waals surface area (Å²) in [7, 11) is -14.0. The van der Waals surface area contributed by atoms with Crippen molar-refractivity contribution in [1.29, 1.82) is 0 Å². The zero-order valence-electron chi connectivity index (χ0n) is 7.86. The van der Waals surface area contributed by atoms with Crippen LogP contribution in [0.15, 0.2) is 0 Å². The van der Waals surface area contributed by atoms with E-state index in [4.69, 9.17) is 52.6 Å². The Morgan fingerprint density at radius 1 is 0.389 bits per heavy atom. The van der Waals surface area contributed by atoms with Gasteiger partial charge in [0.15, 0.2) is 0 Å². The molecule has 18 heteroatoms. The van der Waals surface area contributed by atoms with Crippen LogP contribution in [-0.4, -0.2) is 52.6 Å². The maximum absolute atomic E-state index is 8.74. The van der Waals surface area contributed by atoms with Crippen molar-refractivity contribution in [2.24, 2.45) is 0 Å². The van der Waals surface area contributed by atoms with Crippen LogP contribution in [0.3, 0.4) is 0 Å². The Bertz CT molecular complexity index is 343. The average Bonchev–Trinajstić information content (AvgIpc) is 1.41. The Hall–Kier alpha value is 3.74.